The first kappa shape index (κ1) is 15.6. The molecular formula is C15H18F3N3. The number of alkyl halides is 3. The number of hydrogen-bond donors (Lipinski definition) is 1. The number of nitrogens with one attached hydrogen (secondary N) is 1. The Morgan fingerprint density at radius 2 is 2.10 bits per heavy atom. The fraction of sp³-hybridized carbons (Fsp3) is 0.400. The van der Waals surface area contributed by atoms with Gasteiger partial charge in [-0.1, -0.05) is 12.1 Å². The zero-order chi connectivity index (χ0) is 15.5. The number of imidazole rings is 1. The number of aryl methyl sites for hydroxylation is 1. The average molecular weight is 297 g/mol. The summed E-state index contributed by atoms with van der Waals surface area (Å²) in [7, 11) is 0. The topological polar surface area (TPSA) is 29.9 Å². The summed E-state index contributed by atoms with van der Waals surface area (Å²) in [5.74, 6) is 0.872. The maximum Gasteiger partial charge on any atom is 0.416 e. The molecule has 3 nitrogen and oxygen atoms in total. The van der Waals surface area contributed by atoms with Gasteiger partial charge in [0.25, 0.3) is 0 Å². The third kappa shape index (κ3) is 3.85. The van der Waals surface area contributed by atoms with Crippen LogP contribution in [0.25, 0.3) is 0 Å². The smallest absolute Gasteiger partial charge is 0.334 e. The minimum atomic E-state index is -4.31. The van der Waals surface area contributed by atoms with Crippen LogP contribution in [-0.4, -0.2) is 9.55 Å². The largest absolute Gasteiger partial charge is 0.416 e. The van der Waals surface area contributed by atoms with Gasteiger partial charge >= 0.3 is 6.18 Å². The molecule has 1 atom stereocenters. The first-order valence-electron chi connectivity index (χ1n) is 6.82. The maximum absolute atomic E-state index is 12.7. The van der Waals surface area contributed by atoms with Crippen molar-refractivity contribution in [2.75, 3.05) is 0 Å². The van der Waals surface area contributed by atoms with Crippen LogP contribution in [0.15, 0.2) is 36.7 Å². The molecule has 0 radical (unpaired) electrons. The highest BCUT2D eigenvalue weighted by Gasteiger charge is 2.30. The van der Waals surface area contributed by atoms with Gasteiger partial charge in [-0.3, -0.25) is 0 Å². The molecule has 0 bridgehead atoms. The van der Waals surface area contributed by atoms with E-state index in [1.807, 2.05) is 24.6 Å². The molecule has 0 spiro atoms. The van der Waals surface area contributed by atoms with Crippen LogP contribution in [0.4, 0.5) is 13.2 Å². The first-order valence-corrected chi connectivity index (χ1v) is 6.82. The van der Waals surface area contributed by atoms with Crippen LogP contribution >= 0.6 is 0 Å². The fourth-order valence-electron chi connectivity index (χ4n) is 2.14. The molecule has 0 aliphatic carbocycles. The zero-order valence-electron chi connectivity index (χ0n) is 12.0. The Kier molecular flexibility index (Phi) is 4.67. The summed E-state index contributed by atoms with van der Waals surface area (Å²) in [6.07, 6.45) is -0.713. The fourth-order valence-corrected chi connectivity index (χ4v) is 2.14. The molecule has 1 aromatic heterocycles. The van der Waals surface area contributed by atoms with Crippen molar-refractivity contribution >= 4 is 0 Å². The molecule has 1 N–H and O–H groups in total. The normalized spacial score (nSPS) is 13.4. The Morgan fingerprint density at radius 3 is 2.76 bits per heavy atom. The lowest BCUT2D eigenvalue weighted by Crippen LogP contribution is -2.21. The predicted molar refractivity (Wildman–Crippen MR) is 74.6 cm³/mol. The molecule has 0 aliphatic heterocycles. The number of rotatable bonds is 5. The molecule has 1 unspecified atom stereocenters. The molecule has 0 saturated carbocycles. The number of aromatic nitrogens is 2. The van der Waals surface area contributed by atoms with Crippen LogP contribution in [0.5, 0.6) is 0 Å². The quantitative estimate of drug-likeness (QED) is 0.910. The molecule has 21 heavy (non-hydrogen) atoms. The Hall–Kier alpha value is -1.82. The van der Waals surface area contributed by atoms with Crippen LogP contribution in [-0.2, 0) is 19.3 Å². The van der Waals surface area contributed by atoms with Gasteiger partial charge in [0.1, 0.15) is 5.82 Å². The zero-order valence-corrected chi connectivity index (χ0v) is 12.0. The van der Waals surface area contributed by atoms with Crippen molar-refractivity contribution < 1.29 is 13.2 Å². The highest BCUT2D eigenvalue weighted by atomic mass is 19.4. The van der Waals surface area contributed by atoms with Crippen LogP contribution in [0.3, 0.4) is 0 Å². The van der Waals surface area contributed by atoms with E-state index in [4.69, 9.17) is 0 Å². The molecule has 0 saturated heterocycles. The second-order valence-corrected chi connectivity index (χ2v) is 4.86. The molecule has 1 heterocycles. The molecule has 6 heteroatoms. The Balaban J connectivity index is 2.05. The standard InChI is InChI=1S/C15H18F3N3/c1-3-21-8-7-19-14(21)10-20-11(2)12-5-4-6-13(9-12)15(16,17)18/h4-9,11,20H,3,10H2,1-2H3. The molecule has 0 amide bonds. The number of halogens is 3. The SMILES string of the molecule is CCn1ccnc1CNC(C)c1cccc(C(F)(F)F)c1. The minimum Gasteiger partial charge on any atom is -0.334 e. The Bertz CT molecular complexity index is 590. The molecule has 1 aromatic carbocycles. The van der Waals surface area contributed by atoms with E-state index in [-0.39, 0.29) is 6.04 Å². The van der Waals surface area contributed by atoms with Crippen molar-refractivity contribution in [3.05, 3.63) is 53.6 Å². The molecule has 0 aliphatic rings. The second-order valence-electron chi connectivity index (χ2n) is 4.86. The summed E-state index contributed by atoms with van der Waals surface area (Å²) in [5, 5.41) is 3.20. The van der Waals surface area contributed by atoms with Crippen molar-refractivity contribution in [1.82, 2.24) is 14.9 Å². The summed E-state index contributed by atoms with van der Waals surface area (Å²) in [6.45, 7) is 5.18. The number of nitrogens with zero attached hydrogens (tertiary/aromatic N) is 2. The van der Waals surface area contributed by atoms with Gasteiger partial charge in [0.15, 0.2) is 0 Å². The second kappa shape index (κ2) is 6.30. The van der Waals surface area contributed by atoms with E-state index < -0.39 is 11.7 Å². The van der Waals surface area contributed by atoms with E-state index in [2.05, 4.69) is 10.3 Å². The highest BCUT2D eigenvalue weighted by molar-refractivity contribution is 5.27. The van der Waals surface area contributed by atoms with Gasteiger partial charge in [0.2, 0.25) is 0 Å². The average Bonchev–Trinajstić information content (AvgIpc) is 2.91. The lowest BCUT2D eigenvalue weighted by Gasteiger charge is -2.16. The third-order valence-corrected chi connectivity index (χ3v) is 3.42. The van der Waals surface area contributed by atoms with Gasteiger partial charge in [0.05, 0.1) is 12.1 Å². The summed E-state index contributed by atoms with van der Waals surface area (Å²) < 4.78 is 40.1. The van der Waals surface area contributed by atoms with Crippen LogP contribution in [0, 0.1) is 0 Å². The van der Waals surface area contributed by atoms with E-state index in [0.29, 0.717) is 12.1 Å². The summed E-state index contributed by atoms with van der Waals surface area (Å²) >= 11 is 0. The van der Waals surface area contributed by atoms with Crippen LogP contribution in [0.1, 0.15) is 36.8 Å². The van der Waals surface area contributed by atoms with Gasteiger partial charge in [-0.05, 0) is 31.5 Å². The molecule has 2 rings (SSSR count). The van der Waals surface area contributed by atoms with Crippen molar-refractivity contribution in [2.24, 2.45) is 0 Å². The number of hydrogen-bond acceptors (Lipinski definition) is 2. The lowest BCUT2D eigenvalue weighted by atomic mass is 10.0. The minimum absolute atomic E-state index is 0.186. The highest BCUT2D eigenvalue weighted by Crippen LogP contribution is 2.30. The van der Waals surface area contributed by atoms with Crippen molar-refractivity contribution in [1.29, 1.82) is 0 Å². The van der Waals surface area contributed by atoms with E-state index in [1.54, 1.807) is 12.3 Å². The summed E-state index contributed by atoms with van der Waals surface area (Å²) in [5.41, 5.74) is -0.0110. The van der Waals surface area contributed by atoms with Gasteiger partial charge in [-0.2, -0.15) is 13.2 Å². The third-order valence-electron chi connectivity index (χ3n) is 3.42. The van der Waals surface area contributed by atoms with E-state index in [1.165, 1.54) is 12.1 Å². The Labute approximate surface area is 121 Å². The number of benzene rings is 1. The van der Waals surface area contributed by atoms with E-state index in [9.17, 15) is 13.2 Å². The molecular weight excluding hydrogens is 279 g/mol. The molecule has 2 aromatic rings. The van der Waals surface area contributed by atoms with Crippen molar-refractivity contribution in [3.63, 3.8) is 0 Å². The monoisotopic (exact) mass is 297 g/mol. The lowest BCUT2D eigenvalue weighted by molar-refractivity contribution is -0.137. The van der Waals surface area contributed by atoms with Crippen LogP contribution < -0.4 is 5.32 Å². The van der Waals surface area contributed by atoms with Gasteiger partial charge in [-0.15, -0.1) is 0 Å². The maximum atomic E-state index is 12.7. The van der Waals surface area contributed by atoms with Crippen molar-refractivity contribution in [2.45, 2.75) is 39.2 Å². The van der Waals surface area contributed by atoms with Gasteiger partial charge < -0.3 is 9.88 Å². The van der Waals surface area contributed by atoms with Crippen LogP contribution in [0.2, 0.25) is 0 Å². The molecule has 0 fully saturated rings. The van der Waals surface area contributed by atoms with E-state index in [0.717, 1.165) is 18.4 Å². The van der Waals surface area contributed by atoms with E-state index >= 15 is 0 Å². The van der Waals surface area contributed by atoms with Gasteiger partial charge in [0, 0.05) is 25.0 Å². The first-order chi connectivity index (χ1) is 9.91. The predicted octanol–water partition coefficient (Wildman–Crippen LogP) is 3.77. The van der Waals surface area contributed by atoms with Crippen molar-refractivity contribution in [3.8, 4) is 0 Å². The molecule has 114 valence electrons. The Morgan fingerprint density at radius 1 is 1.33 bits per heavy atom. The summed E-state index contributed by atoms with van der Waals surface area (Å²) in [4.78, 5) is 4.23. The van der Waals surface area contributed by atoms with Gasteiger partial charge in [-0.25, -0.2) is 4.98 Å². The summed E-state index contributed by atoms with van der Waals surface area (Å²) in [6, 6.07) is 5.21.